The number of nitrogens with zero attached hydrogens (tertiary/aromatic N) is 1. The molecule has 0 fully saturated rings. The maximum atomic E-state index is 12.7. The lowest BCUT2D eigenvalue weighted by Gasteiger charge is -1.96. The Morgan fingerprint density at radius 3 is 1.90 bits per heavy atom. The first kappa shape index (κ1) is 17.2. The second-order valence-electron chi connectivity index (χ2n) is 3.99. The number of hydrogen-bond donors (Lipinski definition) is 2. The van der Waals surface area contributed by atoms with E-state index in [2.05, 4.69) is 15.9 Å². The van der Waals surface area contributed by atoms with E-state index in [-0.39, 0.29) is 24.6 Å². The van der Waals surface area contributed by atoms with Crippen LogP contribution in [0, 0.1) is 23.0 Å². The Kier molecular flexibility index (Phi) is 6.96. The van der Waals surface area contributed by atoms with Gasteiger partial charge in [0.15, 0.2) is 0 Å². The molecule has 0 spiro atoms. The Hall–Kier alpha value is -1.81. The topological polar surface area (TPSA) is 64.2 Å². The molecule has 0 aliphatic heterocycles. The Morgan fingerprint density at radius 2 is 1.48 bits per heavy atom. The fourth-order valence-corrected chi connectivity index (χ4v) is 1.63. The summed E-state index contributed by atoms with van der Waals surface area (Å²) in [5.41, 5.74) is 1.06. The quantitative estimate of drug-likeness (QED) is 0.868. The van der Waals surface area contributed by atoms with Crippen LogP contribution in [0.5, 0.6) is 0 Å². The molecule has 0 aliphatic carbocycles. The predicted molar refractivity (Wildman–Crippen MR) is 77.1 cm³/mol. The minimum atomic E-state index is -0.584. The summed E-state index contributed by atoms with van der Waals surface area (Å²) in [4.78, 5) is 0. The van der Waals surface area contributed by atoms with Gasteiger partial charge < -0.3 is 10.2 Å². The molecule has 0 atom stereocenters. The van der Waals surface area contributed by atoms with Gasteiger partial charge in [0.1, 0.15) is 17.7 Å². The van der Waals surface area contributed by atoms with Crippen LogP contribution in [0.2, 0.25) is 0 Å². The molecule has 3 nitrogen and oxygen atoms in total. The van der Waals surface area contributed by atoms with Crippen LogP contribution < -0.4 is 0 Å². The molecule has 2 rings (SSSR count). The molecule has 21 heavy (non-hydrogen) atoms. The highest BCUT2D eigenvalue weighted by atomic mass is 79.9. The van der Waals surface area contributed by atoms with Crippen molar-refractivity contribution in [3.8, 4) is 6.07 Å². The maximum absolute atomic E-state index is 12.7. The van der Waals surface area contributed by atoms with E-state index >= 15 is 0 Å². The molecule has 0 saturated carbocycles. The van der Waals surface area contributed by atoms with E-state index < -0.39 is 5.82 Å². The Bertz CT molecular complexity index is 657. The molecule has 0 bridgehead atoms. The molecule has 0 unspecified atom stereocenters. The van der Waals surface area contributed by atoms with Gasteiger partial charge in [-0.25, -0.2) is 8.78 Å². The first-order valence-corrected chi connectivity index (χ1v) is 6.65. The molecular weight excluding hydrogens is 344 g/mol. The highest BCUT2D eigenvalue weighted by Crippen LogP contribution is 2.15. The number of aliphatic hydroxyl groups excluding tert-OH is 2. The minimum Gasteiger partial charge on any atom is -0.392 e. The summed E-state index contributed by atoms with van der Waals surface area (Å²) in [5.74, 6) is -0.925. The van der Waals surface area contributed by atoms with E-state index in [0.717, 1.165) is 6.07 Å². The van der Waals surface area contributed by atoms with Crippen molar-refractivity contribution < 1.29 is 19.0 Å². The lowest BCUT2D eigenvalue weighted by atomic mass is 10.1. The van der Waals surface area contributed by atoms with Crippen molar-refractivity contribution in [2.45, 2.75) is 13.2 Å². The number of nitriles is 1. The van der Waals surface area contributed by atoms with Crippen molar-refractivity contribution in [3.05, 3.63) is 69.2 Å². The van der Waals surface area contributed by atoms with Crippen LogP contribution in [-0.2, 0) is 13.2 Å². The largest absolute Gasteiger partial charge is 0.392 e. The predicted octanol–water partition coefficient (Wildman–Crippen LogP) is 3.27. The van der Waals surface area contributed by atoms with Gasteiger partial charge in [0.2, 0.25) is 0 Å². The van der Waals surface area contributed by atoms with Gasteiger partial charge in [0.05, 0.1) is 23.2 Å². The first-order chi connectivity index (χ1) is 10.0. The van der Waals surface area contributed by atoms with Gasteiger partial charge in [0, 0.05) is 0 Å². The van der Waals surface area contributed by atoms with Crippen LogP contribution in [0.25, 0.3) is 0 Å². The highest BCUT2D eigenvalue weighted by molar-refractivity contribution is 9.10. The smallest absolute Gasteiger partial charge is 0.141 e. The number of halogens is 3. The molecule has 2 N–H and O–H groups in total. The van der Waals surface area contributed by atoms with E-state index in [1.54, 1.807) is 18.2 Å². The average molecular weight is 356 g/mol. The Labute approximate surface area is 129 Å². The maximum Gasteiger partial charge on any atom is 0.141 e. The second kappa shape index (κ2) is 8.47. The standard InChI is InChI=1S/C8H6FNO.C7H6BrFO/c9-8-3-6(5-11)1-2-7(8)4-10;8-6-2-1-5(4-10)3-7(6)9/h1-3,11H,5H2;1-3,10H,4H2. The number of aliphatic hydroxyl groups is 2. The summed E-state index contributed by atoms with van der Waals surface area (Å²) in [6.07, 6.45) is 0. The van der Waals surface area contributed by atoms with Crippen molar-refractivity contribution in [2.75, 3.05) is 0 Å². The van der Waals surface area contributed by atoms with E-state index in [0.29, 0.717) is 15.6 Å². The first-order valence-electron chi connectivity index (χ1n) is 5.86. The summed E-state index contributed by atoms with van der Waals surface area (Å²) < 4.78 is 25.7. The molecule has 0 aromatic heterocycles. The van der Waals surface area contributed by atoms with Crippen LogP contribution in [0.3, 0.4) is 0 Å². The molecular formula is C15H12BrF2NO2. The SMILES string of the molecule is N#Cc1ccc(CO)cc1F.OCc1ccc(Br)c(F)c1. The van der Waals surface area contributed by atoms with Gasteiger partial charge in [-0.15, -0.1) is 0 Å². The fraction of sp³-hybridized carbons (Fsp3) is 0.133. The number of rotatable bonds is 2. The Morgan fingerprint density at radius 1 is 0.952 bits per heavy atom. The average Bonchev–Trinajstić information content (AvgIpc) is 2.50. The molecule has 110 valence electrons. The van der Waals surface area contributed by atoms with Gasteiger partial charge in [-0.3, -0.25) is 0 Å². The third kappa shape index (κ3) is 5.23. The molecule has 0 heterocycles. The molecule has 0 radical (unpaired) electrons. The van der Waals surface area contributed by atoms with Crippen molar-refractivity contribution in [2.24, 2.45) is 0 Å². The number of benzene rings is 2. The number of hydrogen-bond acceptors (Lipinski definition) is 3. The van der Waals surface area contributed by atoms with E-state index in [1.807, 2.05) is 0 Å². The summed E-state index contributed by atoms with van der Waals surface area (Å²) >= 11 is 3.00. The molecule has 0 saturated heterocycles. The van der Waals surface area contributed by atoms with E-state index in [4.69, 9.17) is 15.5 Å². The van der Waals surface area contributed by atoms with Crippen LogP contribution in [0.15, 0.2) is 40.9 Å². The van der Waals surface area contributed by atoms with Gasteiger partial charge in [-0.2, -0.15) is 5.26 Å². The molecule has 6 heteroatoms. The zero-order chi connectivity index (χ0) is 15.8. The third-order valence-electron chi connectivity index (χ3n) is 2.50. The van der Waals surface area contributed by atoms with Gasteiger partial charge >= 0.3 is 0 Å². The molecule has 0 amide bonds. The summed E-state index contributed by atoms with van der Waals surface area (Å²) in [5, 5.41) is 25.5. The van der Waals surface area contributed by atoms with Gasteiger partial charge in [-0.1, -0.05) is 12.1 Å². The van der Waals surface area contributed by atoms with Crippen molar-refractivity contribution >= 4 is 15.9 Å². The van der Waals surface area contributed by atoms with Crippen LogP contribution in [-0.4, -0.2) is 10.2 Å². The fourth-order valence-electron chi connectivity index (χ4n) is 1.39. The lowest BCUT2D eigenvalue weighted by Crippen LogP contribution is -1.88. The lowest BCUT2D eigenvalue weighted by molar-refractivity contribution is 0.281. The van der Waals surface area contributed by atoms with Crippen molar-refractivity contribution in [1.29, 1.82) is 5.26 Å². The molecule has 2 aromatic carbocycles. The van der Waals surface area contributed by atoms with Crippen molar-refractivity contribution in [1.82, 2.24) is 0 Å². The monoisotopic (exact) mass is 355 g/mol. The van der Waals surface area contributed by atoms with Crippen LogP contribution in [0.4, 0.5) is 8.78 Å². The van der Waals surface area contributed by atoms with Crippen LogP contribution in [0.1, 0.15) is 16.7 Å². The zero-order valence-corrected chi connectivity index (χ0v) is 12.4. The van der Waals surface area contributed by atoms with Crippen LogP contribution >= 0.6 is 15.9 Å². The van der Waals surface area contributed by atoms with E-state index in [1.165, 1.54) is 18.2 Å². The third-order valence-corrected chi connectivity index (χ3v) is 3.15. The minimum absolute atomic E-state index is 0.00204. The van der Waals surface area contributed by atoms with Crippen molar-refractivity contribution in [3.63, 3.8) is 0 Å². The highest BCUT2D eigenvalue weighted by Gasteiger charge is 2.00. The summed E-state index contributed by atoms with van der Waals surface area (Å²) in [6, 6.07) is 10.2. The molecule has 0 aliphatic rings. The molecule has 2 aromatic rings. The van der Waals surface area contributed by atoms with Gasteiger partial charge in [-0.05, 0) is 51.3 Å². The zero-order valence-electron chi connectivity index (χ0n) is 10.9. The van der Waals surface area contributed by atoms with Gasteiger partial charge in [0.25, 0.3) is 0 Å². The summed E-state index contributed by atoms with van der Waals surface area (Å²) in [7, 11) is 0. The van der Waals surface area contributed by atoms with E-state index in [9.17, 15) is 8.78 Å². The Balaban J connectivity index is 0.000000211. The summed E-state index contributed by atoms with van der Waals surface area (Å²) in [6.45, 7) is -0.327. The second-order valence-corrected chi connectivity index (χ2v) is 4.85. The normalized spacial score (nSPS) is 9.52.